The Balaban J connectivity index is 1.47. The Hall–Kier alpha value is -3.84. The van der Waals surface area contributed by atoms with Crippen molar-refractivity contribution in [2.45, 2.75) is 30.2 Å². The number of imide groups is 1. The number of anilines is 1. The molecular formula is C25H30N4O8S. The number of carbonyl (C=O) groups excluding carboxylic acids is 3. The second-order valence-corrected chi connectivity index (χ2v) is 11.0. The molecule has 4 rings (SSSR count). The van der Waals surface area contributed by atoms with Gasteiger partial charge in [0.25, 0.3) is 5.91 Å². The number of nitrogens with zero attached hydrogens (tertiary/aromatic N) is 2. The smallest absolute Gasteiger partial charge is 0.325 e. The molecule has 4 amide bonds. The van der Waals surface area contributed by atoms with Crippen LogP contribution in [0.1, 0.15) is 25.3 Å². The molecule has 13 heteroatoms. The summed E-state index contributed by atoms with van der Waals surface area (Å²) in [6.07, 6.45) is 1.66. The number of sulfonamides is 1. The summed E-state index contributed by atoms with van der Waals surface area (Å²) in [5.41, 5.74) is -0.784. The van der Waals surface area contributed by atoms with E-state index in [0.29, 0.717) is 41.6 Å². The van der Waals surface area contributed by atoms with Gasteiger partial charge in [0.15, 0.2) is 11.5 Å². The third-order valence-electron chi connectivity index (χ3n) is 6.66. The summed E-state index contributed by atoms with van der Waals surface area (Å²) in [4.78, 5) is 39.7. The fourth-order valence-corrected chi connectivity index (χ4v) is 6.05. The van der Waals surface area contributed by atoms with E-state index in [1.807, 2.05) is 0 Å². The first kappa shape index (κ1) is 27.2. The molecular weight excluding hydrogens is 516 g/mol. The highest BCUT2D eigenvalue weighted by Gasteiger charge is 2.50. The molecule has 204 valence electrons. The Bertz CT molecular complexity index is 1330. The summed E-state index contributed by atoms with van der Waals surface area (Å²) in [5.74, 6) is -0.334. The molecule has 2 aliphatic rings. The van der Waals surface area contributed by atoms with Crippen molar-refractivity contribution in [3.05, 3.63) is 42.0 Å². The minimum atomic E-state index is -3.58. The van der Waals surface area contributed by atoms with Crippen molar-refractivity contribution in [1.29, 1.82) is 0 Å². The summed E-state index contributed by atoms with van der Waals surface area (Å²) >= 11 is 0. The molecule has 1 unspecified atom stereocenters. The lowest BCUT2D eigenvalue weighted by Crippen LogP contribution is -2.42. The molecule has 2 heterocycles. The van der Waals surface area contributed by atoms with Crippen LogP contribution in [0.25, 0.3) is 0 Å². The molecule has 0 bridgehead atoms. The molecule has 2 saturated heterocycles. The number of hydrogen-bond donors (Lipinski definition) is 2. The number of hydrogen-bond acceptors (Lipinski definition) is 8. The molecule has 0 aliphatic carbocycles. The number of rotatable bonds is 9. The van der Waals surface area contributed by atoms with Crippen LogP contribution < -0.4 is 24.8 Å². The van der Waals surface area contributed by atoms with E-state index in [1.54, 1.807) is 12.1 Å². The first-order chi connectivity index (χ1) is 18.0. The number of ether oxygens (including phenoxy) is 3. The lowest BCUT2D eigenvalue weighted by molar-refractivity contribution is -0.133. The second-order valence-electron chi connectivity index (χ2n) is 9.04. The van der Waals surface area contributed by atoms with Gasteiger partial charge in [0.1, 0.15) is 12.1 Å². The Morgan fingerprint density at radius 1 is 1.00 bits per heavy atom. The van der Waals surface area contributed by atoms with Crippen LogP contribution in [0.2, 0.25) is 0 Å². The van der Waals surface area contributed by atoms with E-state index in [4.69, 9.17) is 14.2 Å². The lowest BCUT2D eigenvalue weighted by Gasteiger charge is -2.24. The highest BCUT2D eigenvalue weighted by molar-refractivity contribution is 7.89. The van der Waals surface area contributed by atoms with Crippen LogP contribution in [0.5, 0.6) is 17.2 Å². The van der Waals surface area contributed by atoms with E-state index in [-0.39, 0.29) is 4.90 Å². The van der Waals surface area contributed by atoms with Crippen LogP contribution in [-0.2, 0) is 25.2 Å². The van der Waals surface area contributed by atoms with Gasteiger partial charge in [-0.1, -0.05) is 0 Å². The van der Waals surface area contributed by atoms with Crippen molar-refractivity contribution in [3.8, 4) is 17.2 Å². The standard InChI is InChI=1S/C25H30N4O8S/c1-25(16-13-19(35-2)22(37-4)20(14-16)36-3)23(31)29(24(32)27-25)15-21(30)26-17-7-9-18(10-8-17)38(33,34)28-11-5-6-12-28/h7-10,13-14H,5-6,11-12,15H2,1-4H3,(H,26,30)(H,27,32). The predicted octanol–water partition coefficient (Wildman–Crippen LogP) is 1.90. The van der Waals surface area contributed by atoms with Crippen LogP contribution in [-0.4, -0.2) is 76.4 Å². The van der Waals surface area contributed by atoms with Crippen molar-refractivity contribution in [1.82, 2.24) is 14.5 Å². The van der Waals surface area contributed by atoms with Gasteiger partial charge in [-0.25, -0.2) is 13.2 Å². The largest absolute Gasteiger partial charge is 0.493 e. The maximum absolute atomic E-state index is 13.3. The minimum absolute atomic E-state index is 0.132. The predicted molar refractivity (Wildman–Crippen MR) is 137 cm³/mol. The van der Waals surface area contributed by atoms with Crippen LogP contribution in [0.3, 0.4) is 0 Å². The quantitative estimate of drug-likeness (QED) is 0.454. The van der Waals surface area contributed by atoms with E-state index in [9.17, 15) is 22.8 Å². The van der Waals surface area contributed by atoms with Gasteiger partial charge < -0.3 is 24.8 Å². The van der Waals surface area contributed by atoms with Crippen molar-refractivity contribution < 1.29 is 37.0 Å². The van der Waals surface area contributed by atoms with Gasteiger partial charge in [0.2, 0.25) is 21.7 Å². The van der Waals surface area contributed by atoms with Gasteiger partial charge in [-0.3, -0.25) is 14.5 Å². The fraction of sp³-hybridized carbons (Fsp3) is 0.400. The van der Waals surface area contributed by atoms with E-state index >= 15 is 0 Å². The monoisotopic (exact) mass is 546 g/mol. The highest BCUT2D eigenvalue weighted by atomic mass is 32.2. The van der Waals surface area contributed by atoms with Crippen LogP contribution in [0.15, 0.2) is 41.3 Å². The van der Waals surface area contributed by atoms with E-state index in [1.165, 1.54) is 56.8 Å². The summed E-state index contributed by atoms with van der Waals surface area (Å²) in [7, 11) is 0.735. The van der Waals surface area contributed by atoms with E-state index < -0.39 is 40.0 Å². The Morgan fingerprint density at radius 3 is 2.11 bits per heavy atom. The molecule has 1 atom stereocenters. The molecule has 38 heavy (non-hydrogen) atoms. The number of benzene rings is 2. The zero-order chi connectivity index (χ0) is 27.7. The van der Waals surface area contributed by atoms with Crippen molar-refractivity contribution in [2.24, 2.45) is 0 Å². The van der Waals surface area contributed by atoms with Crippen LogP contribution in [0.4, 0.5) is 10.5 Å². The van der Waals surface area contributed by atoms with E-state index in [2.05, 4.69) is 10.6 Å². The average molecular weight is 547 g/mol. The number of amides is 4. The van der Waals surface area contributed by atoms with Crippen LogP contribution in [0, 0.1) is 0 Å². The summed E-state index contributed by atoms with van der Waals surface area (Å²) in [5, 5.41) is 5.24. The average Bonchev–Trinajstić information content (AvgIpc) is 3.53. The van der Waals surface area contributed by atoms with Gasteiger partial charge in [-0.15, -0.1) is 0 Å². The topological polar surface area (TPSA) is 144 Å². The Labute approximate surface area is 220 Å². The summed E-state index contributed by atoms with van der Waals surface area (Å²) in [6.45, 7) is 1.95. The normalized spacial score (nSPS) is 19.8. The number of nitrogens with one attached hydrogen (secondary N) is 2. The zero-order valence-corrected chi connectivity index (χ0v) is 22.4. The fourth-order valence-electron chi connectivity index (χ4n) is 4.54. The first-order valence-electron chi connectivity index (χ1n) is 11.9. The van der Waals surface area contributed by atoms with Gasteiger partial charge in [0, 0.05) is 18.8 Å². The van der Waals surface area contributed by atoms with Gasteiger partial charge >= 0.3 is 6.03 Å². The zero-order valence-electron chi connectivity index (χ0n) is 21.6. The van der Waals surface area contributed by atoms with Crippen molar-refractivity contribution in [3.63, 3.8) is 0 Å². The number of urea groups is 1. The van der Waals surface area contributed by atoms with Gasteiger partial charge in [-0.05, 0) is 61.7 Å². The first-order valence-corrected chi connectivity index (χ1v) is 13.3. The molecule has 0 aromatic heterocycles. The lowest BCUT2D eigenvalue weighted by atomic mass is 9.91. The van der Waals surface area contributed by atoms with Gasteiger partial charge in [0.05, 0.1) is 26.2 Å². The molecule has 0 spiro atoms. The van der Waals surface area contributed by atoms with Crippen molar-refractivity contribution >= 4 is 33.6 Å². The molecule has 2 fully saturated rings. The molecule has 12 nitrogen and oxygen atoms in total. The number of methoxy groups -OCH3 is 3. The molecule has 2 aromatic rings. The third kappa shape index (κ3) is 4.86. The summed E-state index contributed by atoms with van der Waals surface area (Å²) in [6, 6.07) is 8.13. The molecule has 2 aliphatic heterocycles. The minimum Gasteiger partial charge on any atom is -0.493 e. The maximum Gasteiger partial charge on any atom is 0.325 e. The van der Waals surface area contributed by atoms with E-state index in [0.717, 1.165) is 17.7 Å². The molecule has 2 N–H and O–H groups in total. The third-order valence-corrected chi connectivity index (χ3v) is 8.57. The van der Waals surface area contributed by atoms with Gasteiger partial charge in [-0.2, -0.15) is 4.31 Å². The molecule has 0 saturated carbocycles. The number of carbonyl (C=O) groups is 3. The van der Waals surface area contributed by atoms with Crippen molar-refractivity contribution in [2.75, 3.05) is 46.3 Å². The Kier molecular flexibility index (Phi) is 7.51. The molecule has 0 radical (unpaired) electrons. The second kappa shape index (κ2) is 10.5. The highest BCUT2D eigenvalue weighted by Crippen LogP contribution is 2.42. The Morgan fingerprint density at radius 2 is 1.58 bits per heavy atom. The van der Waals surface area contributed by atoms with Crippen LogP contribution >= 0.6 is 0 Å². The SMILES string of the molecule is COc1cc(C2(C)NC(=O)N(CC(=O)Nc3ccc(S(=O)(=O)N4CCCC4)cc3)C2=O)cc(OC)c1OC. The molecule has 2 aromatic carbocycles. The maximum atomic E-state index is 13.3. The summed E-state index contributed by atoms with van der Waals surface area (Å²) < 4.78 is 42.8.